The van der Waals surface area contributed by atoms with Crippen LogP contribution in [-0.2, 0) is 9.84 Å². The van der Waals surface area contributed by atoms with Crippen LogP contribution in [0.4, 0.5) is 5.69 Å². The first kappa shape index (κ1) is 15.9. The Morgan fingerprint density at radius 2 is 1.84 bits per heavy atom. The highest BCUT2D eigenvalue weighted by Gasteiger charge is 2.15. The lowest BCUT2D eigenvalue weighted by molar-refractivity contribution is 0.404. The molecule has 0 saturated carbocycles. The summed E-state index contributed by atoms with van der Waals surface area (Å²) in [5.41, 5.74) is 0.639. The summed E-state index contributed by atoms with van der Waals surface area (Å²) in [5.74, 6) is 1.06. The van der Waals surface area contributed by atoms with Crippen LogP contribution in [0.5, 0.6) is 11.5 Å². The van der Waals surface area contributed by atoms with E-state index in [1.54, 1.807) is 19.1 Å². The van der Waals surface area contributed by atoms with Crippen molar-refractivity contribution in [3.8, 4) is 11.5 Å². The molecule has 0 aliphatic heterocycles. The molecule has 0 bridgehead atoms. The Bertz CT molecular complexity index is 545. The molecule has 0 saturated heterocycles. The van der Waals surface area contributed by atoms with Crippen LogP contribution >= 0.6 is 11.6 Å². The van der Waals surface area contributed by atoms with Crippen molar-refractivity contribution < 1.29 is 17.9 Å². The molecular formula is C12H18ClNO4S. The number of anilines is 1. The van der Waals surface area contributed by atoms with Gasteiger partial charge in [0, 0.05) is 24.4 Å². The van der Waals surface area contributed by atoms with E-state index in [2.05, 4.69) is 5.32 Å². The molecule has 1 atom stereocenters. The summed E-state index contributed by atoms with van der Waals surface area (Å²) in [5, 5.41) is 3.51. The molecule has 5 nitrogen and oxygen atoms in total. The second-order valence-electron chi connectivity index (χ2n) is 4.32. The van der Waals surface area contributed by atoms with Crippen molar-refractivity contribution in [2.24, 2.45) is 0 Å². The number of hydrogen-bond acceptors (Lipinski definition) is 5. The fourth-order valence-corrected chi connectivity index (χ4v) is 2.96. The molecule has 0 aromatic heterocycles. The lowest BCUT2D eigenvalue weighted by atomic mass is 10.2. The van der Waals surface area contributed by atoms with Crippen molar-refractivity contribution in [1.29, 1.82) is 0 Å². The number of benzene rings is 1. The highest BCUT2D eigenvalue weighted by molar-refractivity contribution is 7.90. The summed E-state index contributed by atoms with van der Waals surface area (Å²) in [6.45, 7) is 1.78. The first-order chi connectivity index (χ1) is 8.76. The van der Waals surface area contributed by atoms with Crippen LogP contribution in [0.3, 0.4) is 0 Å². The maximum atomic E-state index is 11.2. The number of sulfone groups is 1. The average molecular weight is 308 g/mol. The van der Waals surface area contributed by atoms with Crippen LogP contribution in [0.25, 0.3) is 0 Å². The molecule has 1 aromatic rings. The Kier molecular flexibility index (Phi) is 5.31. The van der Waals surface area contributed by atoms with Gasteiger partial charge in [0.05, 0.1) is 30.7 Å². The predicted octanol–water partition coefficient (Wildman–Crippen LogP) is 2.20. The van der Waals surface area contributed by atoms with Crippen molar-refractivity contribution in [3.05, 3.63) is 17.2 Å². The molecule has 0 spiro atoms. The number of halogens is 1. The number of hydrogen-bond donors (Lipinski definition) is 1. The third-order valence-electron chi connectivity index (χ3n) is 2.43. The summed E-state index contributed by atoms with van der Waals surface area (Å²) in [4.78, 5) is 0. The van der Waals surface area contributed by atoms with Gasteiger partial charge in [-0.05, 0) is 6.92 Å². The Balaban J connectivity index is 2.99. The van der Waals surface area contributed by atoms with E-state index in [1.165, 1.54) is 20.5 Å². The van der Waals surface area contributed by atoms with E-state index >= 15 is 0 Å². The summed E-state index contributed by atoms with van der Waals surface area (Å²) in [6, 6.07) is 3.05. The van der Waals surface area contributed by atoms with Gasteiger partial charge in [0.15, 0.2) is 0 Å². The van der Waals surface area contributed by atoms with Gasteiger partial charge in [0.2, 0.25) is 0 Å². The molecule has 0 radical (unpaired) electrons. The van der Waals surface area contributed by atoms with E-state index in [0.29, 0.717) is 22.2 Å². The van der Waals surface area contributed by atoms with Gasteiger partial charge < -0.3 is 14.8 Å². The Morgan fingerprint density at radius 1 is 1.26 bits per heavy atom. The van der Waals surface area contributed by atoms with Crippen LogP contribution in [0.2, 0.25) is 5.02 Å². The monoisotopic (exact) mass is 307 g/mol. The number of nitrogens with one attached hydrogen (secondary N) is 1. The summed E-state index contributed by atoms with van der Waals surface area (Å²) in [6.07, 6.45) is 1.20. The highest BCUT2D eigenvalue weighted by Crippen LogP contribution is 2.36. The van der Waals surface area contributed by atoms with Gasteiger partial charge in [-0.2, -0.15) is 0 Å². The summed E-state index contributed by atoms with van der Waals surface area (Å²) >= 11 is 5.99. The Hall–Kier alpha value is -1.14. The first-order valence-corrected chi connectivity index (χ1v) is 8.06. The quantitative estimate of drug-likeness (QED) is 0.873. The fourth-order valence-electron chi connectivity index (χ4n) is 1.73. The number of rotatable bonds is 6. The van der Waals surface area contributed by atoms with E-state index in [9.17, 15) is 8.42 Å². The topological polar surface area (TPSA) is 64.6 Å². The van der Waals surface area contributed by atoms with Crippen molar-refractivity contribution >= 4 is 27.1 Å². The van der Waals surface area contributed by atoms with Gasteiger partial charge in [-0.3, -0.25) is 0 Å². The van der Waals surface area contributed by atoms with Crippen LogP contribution in [0.15, 0.2) is 12.1 Å². The van der Waals surface area contributed by atoms with Crippen molar-refractivity contribution in [3.63, 3.8) is 0 Å². The molecule has 0 fully saturated rings. The van der Waals surface area contributed by atoms with Gasteiger partial charge in [-0.1, -0.05) is 11.6 Å². The molecule has 0 aliphatic carbocycles. The summed E-state index contributed by atoms with van der Waals surface area (Å²) < 4.78 is 32.8. The third-order valence-corrected chi connectivity index (χ3v) is 3.83. The lowest BCUT2D eigenvalue weighted by Crippen LogP contribution is -2.25. The molecule has 1 rings (SSSR count). The molecule has 19 heavy (non-hydrogen) atoms. The largest absolute Gasteiger partial charge is 0.495 e. The van der Waals surface area contributed by atoms with E-state index in [4.69, 9.17) is 21.1 Å². The first-order valence-electron chi connectivity index (χ1n) is 5.62. The molecule has 1 unspecified atom stereocenters. The maximum Gasteiger partial charge on any atom is 0.149 e. The molecule has 1 aromatic carbocycles. The van der Waals surface area contributed by atoms with Crippen molar-refractivity contribution in [1.82, 2.24) is 0 Å². The normalized spacial score (nSPS) is 12.9. The van der Waals surface area contributed by atoms with Crippen LogP contribution in [-0.4, -0.2) is 40.7 Å². The summed E-state index contributed by atoms with van der Waals surface area (Å²) in [7, 11) is -0.0178. The van der Waals surface area contributed by atoms with Gasteiger partial charge in [0.1, 0.15) is 21.3 Å². The zero-order valence-corrected chi connectivity index (χ0v) is 12.9. The van der Waals surface area contributed by atoms with Crippen molar-refractivity contribution in [2.45, 2.75) is 13.0 Å². The molecule has 0 aliphatic rings. The minimum absolute atomic E-state index is 0.0289. The number of methoxy groups -OCH3 is 2. The second kappa shape index (κ2) is 6.34. The van der Waals surface area contributed by atoms with Crippen molar-refractivity contribution in [2.75, 3.05) is 31.5 Å². The molecule has 0 amide bonds. The van der Waals surface area contributed by atoms with E-state index < -0.39 is 9.84 Å². The van der Waals surface area contributed by atoms with E-state index in [-0.39, 0.29) is 11.8 Å². The number of ether oxygens (including phenoxy) is 2. The minimum atomic E-state index is -3.05. The van der Waals surface area contributed by atoms with Crippen LogP contribution in [0, 0.1) is 0 Å². The lowest BCUT2D eigenvalue weighted by Gasteiger charge is -2.18. The molecular weight excluding hydrogens is 290 g/mol. The van der Waals surface area contributed by atoms with Gasteiger partial charge in [0.25, 0.3) is 0 Å². The Morgan fingerprint density at radius 3 is 2.32 bits per heavy atom. The SMILES string of the molecule is COc1cc(NC(C)CS(C)(=O)=O)c(OC)cc1Cl. The Labute approximate surface area is 118 Å². The molecule has 7 heteroatoms. The standard InChI is InChI=1S/C12H18ClNO4S/c1-8(7-19(4,15)16)14-10-6-11(17-2)9(13)5-12(10)18-3/h5-6,8,14H,7H2,1-4H3. The fraction of sp³-hybridized carbons (Fsp3) is 0.500. The van der Waals surface area contributed by atoms with Crippen LogP contribution in [0.1, 0.15) is 6.92 Å². The smallest absolute Gasteiger partial charge is 0.149 e. The van der Waals surface area contributed by atoms with Gasteiger partial charge in [-0.15, -0.1) is 0 Å². The minimum Gasteiger partial charge on any atom is -0.495 e. The zero-order valence-electron chi connectivity index (χ0n) is 11.4. The molecule has 1 N–H and O–H groups in total. The van der Waals surface area contributed by atoms with E-state index in [1.807, 2.05) is 0 Å². The second-order valence-corrected chi connectivity index (χ2v) is 6.92. The third kappa shape index (κ3) is 4.80. The predicted molar refractivity (Wildman–Crippen MR) is 77.4 cm³/mol. The molecule has 0 heterocycles. The zero-order chi connectivity index (χ0) is 14.6. The van der Waals surface area contributed by atoms with Gasteiger partial charge in [-0.25, -0.2) is 8.42 Å². The molecule has 108 valence electrons. The van der Waals surface area contributed by atoms with Crippen LogP contribution < -0.4 is 14.8 Å². The van der Waals surface area contributed by atoms with E-state index in [0.717, 1.165) is 0 Å². The average Bonchev–Trinajstić information content (AvgIpc) is 2.28. The van der Waals surface area contributed by atoms with Gasteiger partial charge >= 0.3 is 0 Å². The highest BCUT2D eigenvalue weighted by atomic mass is 35.5. The maximum absolute atomic E-state index is 11.2.